The summed E-state index contributed by atoms with van der Waals surface area (Å²) in [6.07, 6.45) is 3.94. The van der Waals surface area contributed by atoms with Crippen LogP contribution in [-0.4, -0.2) is 16.5 Å². The number of anilines is 1. The van der Waals surface area contributed by atoms with E-state index in [2.05, 4.69) is 23.8 Å². The van der Waals surface area contributed by atoms with Crippen molar-refractivity contribution in [2.75, 3.05) is 12.3 Å². The van der Waals surface area contributed by atoms with Crippen LogP contribution in [-0.2, 0) is 6.42 Å². The molecule has 1 aliphatic rings. The molecule has 4 heteroatoms. The van der Waals surface area contributed by atoms with Crippen LogP contribution >= 0.6 is 0 Å². The van der Waals surface area contributed by atoms with Crippen LogP contribution in [0, 0.1) is 5.41 Å². The Balaban J connectivity index is 2.44. The van der Waals surface area contributed by atoms with E-state index in [4.69, 9.17) is 11.5 Å². The highest BCUT2D eigenvalue weighted by Gasteiger charge is 2.32. The second kappa shape index (κ2) is 3.45. The van der Waals surface area contributed by atoms with Crippen molar-refractivity contribution in [3.8, 4) is 0 Å². The van der Waals surface area contributed by atoms with Crippen LogP contribution in [0.1, 0.15) is 37.4 Å². The largest absolute Gasteiger partial charge is 0.368 e. The van der Waals surface area contributed by atoms with Gasteiger partial charge in [0.15, 0.2) is 0 Å². The monoisotopic (exact) mass is 206 g/mol. The molecule has 2 rings (SSSR count). The standard InChI is InChI=1S/C11H18N4/c1-11(2)3-7(5-12)9-8(4-11)6-14-10(13)15-9/h6-7H,3-5,12H2,1-2H3,(H2,13,14,15). The van der Waals surface area contributed by atoms with Crippen LogP contribution < -0.4 is 11.5 Å². The van der Waals surface area contributed by atoms with E-state index in [1.807, 2.05) is 6.20 Å². The highest BCUT2D eigenvalue weighted by Crippen LogP contribution is 2.40. The SMILES string of the molecule is CC1(C)Cc2cnc(N)nc2C(CN)C1. The molecule has 0 aliphatic heterocycles. The van der Waals surface area contributed by atoms with Gasteiger partial charge in [0.1, 0.15) is 0 Å². The fraction of sp³-hybridized carbons (Fsp3) is 0.636. The van der Waals surface area contributed by atoms with Gasteiger partial charge in [-0.05, 0) is 23.8 Å². The molecule has 1 unspecified atom stereocenters. The summed E-state index contributed by atoms with van der Waals surface area (Å²) in [5, 5.41) is 0. The van der Waals surface area contributed by atoms with E-state index in [-0.39, 0.29) is 5.41 Å². The van der Waals surface area contributed by atoms with Crippen LogP contribution in [0.2, 0.25) is 0 Å². The molecule has 1 aromatic rings. The second-order valence-corrected chi connectivity index (χ2v) is 5.12. The Kier molecular flexibility index (Phi) is 2.38. The minimum absolute atomic E-state index is 0.288. The lowest BCUT2D eigenvalue weighted by Crippen LogP contribution is -2.30. The van der Waals surface area contributed by atoms with Gasteiger partial charge in [-0.25, -0.2) is 9.97 Å². The zero-order valence-corrected chi connectivity index (χ0v) is 9.33. The molecule has 82 valence electrons. The molecule has 0 spiro atoms. The van der Waals surface area contributed by atoms with Crippen LogP contribution in [0.4, 0.5) is 5.95 Å². The van der Waals surface area contributed by atoms with Crippen molar-refractivity contribution in [1.82, 2.24) is 9.97 Å². The normalized spacial score (nSPS) is 23.5. The highest BCUT2D eigenvalue weighted by molar-refractivity contribution is 5.31. The van der Waals surface area contributed by atoms with Gasteiger partial charge in [0.05, 0.1) is 5.69 Å². The lowest BCUT2D eigenvalue weighted by atomic mass is 9.71. The average molecular weight is 206 g/mol. The fourth-order valence-electron chi connectivity index (χ4n) is 2.47. The molecule has 0 radical (unpaired) electrons. The van der Waals surface area contributed by atoms with Gasteiger partial charge < -0.3 is 11.5 Å². The van der Waals surface area contributed by atoms with Crippen LogP contribution in [0.25, 0.3) is 0 Å². The third kappa shape index (κ3) is 1.95. The number of hydrogen-bond acceptors (Lipinski definition) is 4. The van der Waals surface area contributed by atoms with Gasteiger partial charge >= 0.3 is 0 Å². The van der Waals surface area contributed by atoms with E-state index in [0.29, 0.717) is 18.4 Å². The predicted molar refractivity (Wildman–Crippen MR) is 60.3 cm³/mol. The summed E-state index contributed by atoms with van der Waals surface area (Å²) in [4.78, 5) is 8.37. The van der Waals surface area contributed by atoms with Crippen molar-refractivity contribution in [3.63, 3.8) is 0 Å². The van der Waals surface area contributed by atoms with E-state index in [9.17, 15) is 0 Å². The number of nitrogens with zero attached hydrogens (tertiary/aromatic N) is 2. The molecular weight excluding hydrogens is 188 g/mol. The molecule has 1 aromatic heterocycles. The minimum atomic E-state index is 0.288. The zero-order chi connectivity index (χ0) is 11.1. The Morgan fingerprint density at radius 1 is 1.53 bits per heavy atom. The topological polar surface area (TPSA) is 77.8 Å². The van der Waals surface area contributed by atoms with Crippen molar-refractivity contribution in [2.45, 2.75) is 32.6 Å². The second-order valence-electron chi connectivity index (χ2n) is 5.12. The maximum atomic E-state index is 5.79. The molecule has 0 aromatic carbocycles. The maximum absolute atomic E-state index is 5.79. The summed E-state index contributed by atoms with van der Waals surface area (Å²) in [6.45, 7) is 5.15. The zero-order valence-electron chi connectivity index (χ0n) is 9.33. The van der Waals surface area contributed by atoms with E-state index < -0.39 is 0 Å². The summed E-state index contributed by atoms with van der Waals surface area (Å²) < 4.78 is 0. The van der Waals surface area contributed by atoms with Crippen molar-refractivity contribution in [2.24, 2.45) is 11.1 Å². The molecular formula is C11H18N4. The third-order valence-electron chi connectivity index (χ3n) is 3.06. The molecule has 0 fully saturated rings. The first kappa shape index (κ1) is 10.4. The molecule has 0 saturated carbocycles. The van der Waals surface area contributed by atoms with Gasteiger partial charge in [0, 0.05) is 18.7 Å². The minimum Gasteiger partial charge on any atom is -0.368 e. The molecule has 0 saturated heterocycles. The Morgan fingerprint density at radius 3 is 2.93 bits per heavy atom. The van der Waals surface area contributed by atoms with Crippen molar-refractivity contribution < 1.29 is 0 Å². The van der Waals surface area contributed by atoms with Gasteiger partial charge in [-0.3, -0.25) is 0 Å². The summed E-state index contributed by atoms with van der Waals surface area (Å²) >= 11 is 0. The molecule has 4 N–H and O–H groups in total. The molecule has 1 aliphatic carbocycles. The Hall–Kier alpha value is -1.16. The first-order valence-corrected chi connectivity index (χ1v) is 5.33. The van der Waals surface area contributed by atoms with Gasteiger partial charge in [-0.2, -0.15) is 0 Å². The fourth-order valence-corrected chi connectivity index (χ4v) is 2.47. The number of aromatic nitrogens is 2. The molecule has 0 amide bonds. The number of hydrogen-bond donors (Lipinski definition) is 2. The molecule has 15 heavy (non-hydrogen) atoms. The van der Waals surface area contributed by atoms with Gasteiger partial charge in [-0.15, -0.1) is 0 Å². The van der Waals surface area contributed by atoms with E-state index >= 15 is 0 Å². The van der Waals surface area contributed by atoms with Crippen molar-refractivity contribution in [1.29, 1.82) is 0 Å². The molecule has 4 nitrogen and oxygen atoms in total. The lowest BCUT2D eigenvalue weighted by molar-refractivity contribution is 0.278. The molecule has 0 bridgehead atoms. The van der Waals surface area contributed by atoms with E-state index in [1.54, 1.807) is 0 Å². The predicted octanol–water partition coefficient (Wildman–Crippen LogP) is 1.07. The van der Waals surface area contributed by atoms with E-state index in [1.165, 1.54) is 5.56 Å². The van der Waals surface area contributed by atoms with E-state index in [0.717, 1.165) is 18.5 Å². The Bertz CT molecular complexity index is 373. The lowest BCUT2D eigenvalue weighted by Gasteiger charge is -2.35. The number of fused-ring (bicyclic) bond motifs is 1. The first-order valence-electron chi connectivity index (χ1n) is 5.33. The maximum Gasteiger partial charge on any atom is 0.220 e. The summed E-state index contributed by atoms with van der Waals surface area (Å²) in [5.41, 5.74) is 13.9. The van der Waals surface area contributed by atoms with Crippen molar-refractivity contribution in [3.05, 3.63) is 17.5 Å². The smallest absolute Gasteiger partial charge is 0.220 e. The number of nitrogens with two attached hydrogens (primary N) is 2. The van der Waals surface area contributed by atoms with Crippen LogP contribution in [0.3, 0.4) is 0 Å². The summed E-state index contributed by atoms with van der Waals surface area (Å²) in [7, 11) is 0. The van der Waals surface area contributed by atoms with Gasteiger partial charge in [-0.1, -0.05) is 13.8 Å². The Morgan fingerprint density at radius 2 is 2.27 bits per heavy atom. The Labute approximate surface area is 90.1 Å². The third-order valence-corrected chi connectivity index (χ3v) is 3.06. The van der Waals surface area contributed by atoms with Crippen LogP contribution in [0.5, 0.6) is 0 Å². The van der Waals surface area contributed by atoms with Crippen LogP contribution in [0.15, 0.2) is 6.20 Å². The van der Waals surface area contributed by atoms with Crippen molar-refractivity contribution >= 4 is 5.95 Å². The molecule has 1 atom stereocenters. The number of nitrogen functional groups attached to an aromatic ring is 1. The number of rotatable bonds is 1. The first-order chi connectivity index (χ1) is 7.02. The quantitative estimate of drug-likeness (QED) is 0.720. The highest BCUT2D eigenvalue weighted by atomic mass is 15.0. The average Bonchev–Trinajstić information content (AvgIpc) is 2.16. The summed E-state index contributed by atoms with van der Waals surface area (Å²) in [6, 6.07) is 0. The van der Waals surface area contributed by atoms with Gasteiger partial charge in [0.2, 0.25) is 5.95 Å². The summed E-state index contributed by atoms with van der Waals surface area (Å²) in [5.74, 6) is 0.681. The van der Waals surface area contributed by atoms with Gasteiger partial charge in [0.25, 0.3) is 0 Å². The molecule has 1 heterocycles.